The van der Waals surface area contributed by atoms with E-state index in [4.69, 9.17) is 4.74 Å². The lowest BCUT2D eigenvalue weighted by atomic mass is 9.92. The van der Waals surface area contributed by atoms with Crippen molar-refractivity contribution in [2.75, 3.05) is 0 Å². The first-order valence-corrected chi connectivity index (χ1v) is 4.90. The molecule has 0 aromatic heterocycles. The van der Waals surface area contributed by atoms with Gasteiger partial charge in [0.05, 0.1) is 5.56 Å². The van der Waals surface area contributed by atoms with Crippen LogP contribution >= 0.6 is 0 Å². The van der Waals surface area contributed by atoms with Gasteiger partial charge in [0, 0.05) is 5.56 Å². The number of cyclic esters (lactones) is 1. The van der Waals surface area contributed by atoms with Crippen LogP contribution < -0.4 is 0 Å². The van der Waals surface area contributed by atoms with Crippen molar-refractivity contribution in [3.8, 4) is 0 Å². The minimum atomic E-state index is -0.182. The molecular weight excluding hydrogens is 188 g/mol. The van der Waals surface area contributed by atoms with Crippen molar-refractivity contribution in [2.45, 2.75) is 40.7 Å². The lowest BCUT2D eigenvalue weighted by Crippen LogP contribution is -1.98. The molecule has 0 spiro atoms. The molecule has 0 atom stereocenters. The molecule has 0 amide bonds. The molecule has 1 aromatic rings. The van der Waals surface area contributed by atoms with Gasteiger partial charge in [0.2, 0.25) is 0 Å². The average Bonchev–Trinajstić information content (AvgIpc) is 2.49. The summed E-state index contributed by atoms with van der Waals surface area (Å²) >= 11 is 0. The Labute approximate surface area is 91.3 Å². The SMILES string of the molecule is C.Cc1c(C(C)C)ccc2c1COC2=O. The van der Waals surface area contributed by atoms with Gasteiger partial charge in [-0.05, 0) is 30.0 Å². The van der Waals surface area contributed by atoms with E-state index in [1.54, 1.807) is 0 Å². The number of benzene rings is 1. The molecule has 0 saturated heterocycles. The second-order valence-electron chi connectivity index (χ2n) is 4.04. The summed E-state index contributed by atoms with van der Waals surface area (Å²) in [6, 6.07) is 3.92. The quantitative estimate of drug-likeness (QED) is 0.658. The van der Waals surface area contributed by atoms with Crippen LogP contribution in [0.15, 0.2) is 12.1 Å². The average molecular weight is 206 g/mol. The minimum absolute atomic E-state index is 0. The zero-order valence-corrected chi connectivity index (χ0v) is 8.76. The van der Waals surface area contributed by atoms with Gasteiger partial charge in [-0.3, -0.25) is 0 Å². The van der Waals surface area contributed by atoms with E-state index in [2.05, 4.69) is 20.8 Å². The summed E-state index contributed by atoms with van der Waals surface area (Å²) in [7, 11) is 0. The fourth-order valence-electron chi connectivity index (χ4n) is 1.99. The Balaban J connectivity index is 0.00000112. The number of rotatable bonds is 1. The monoisotopic (exact) mass is 206 g/mol. The molecule has 0 fully saturated rings. The van der Waals surface area contributed by atoms with Crippen LogP contribution in [0.5, 0.6) is 0 Å². The maximum absolute atomic E-state index is 11.3. The van der Waals surface area contributed by atoms with Crippen LogP contribution in [-0.4, -0.2) is 5.97 Å². The van der Waals surface area contributed by atoms with E-state index in [0.29, 0.717) is 12.5 Å². The van der Waals surface area contributed by atoms with Crippen molar-refractivity contribution < 1.29 is 9.53 Å². The maximum atomic E-state index is 11.3. The van der Waals surface area contributed by atoms with Gasteiger partial charge in [-0.25, -0.2) is 4.79 Å². The molecule has 2 nitrogen and oxygen atoms in total. The molecule has 0 N–H and O–H groups in total. The van der Waals surface area contributed by atoms with Gasteiger partial charge in [-0.1, -0.05) is 27.3 Å². The Morgan fingerprint density at radius 1 is 1.33 bits per heavy atom. The summed E-state index contributed by atoms with van der Waals surface area (Å²) in [5.74, 6) is 0.314. The molecule has 82 valence electrons. The van der Waals surface area contributed by atoms with Crippen LogP contribution in [0.3, 0.4) is 0 Å². The van der Waals surface area contributed by atoms with E-state index in [0.717, 1.165) is 11.1 Å². The molecule has 2 rings (SSSR count). The highest BCUT2D eigenvalue weighted by molar-refractivity contribution is 5.93. The van der Waals surface area contributed by atoms with Gasteiger partial charge < -0.3 is 4.74 Å². The molecule has 1 heterocycles. The first-order chi connectivity index (χ1) is 6.61. The van der Waals surface area contributed by atoms with Gasteiger partial charge in [0.25, 0.3) is 0 Å². The van der Waals surface area contributed by atoms with E-state index in [9.17, 15) is 4.79 Å². The highest BCUT2D eigenvalue weighted by Gasteiger charge is 2.24. The summed E-state index contributed by atoms with van der Waals surface area (Å²) in [4.78, 5) is 11.3. The summed E-state index contributed by atoms with van der Waals surface area (Å²) in [6.07, 6.45) is 0. The van der Waals surface area contributed by atoms with Gasteiger partial charge in [-0.15, -0.1) is 0 Å². The zero-order chi connectivity index (χ0) is 10.3. The van der Waals surface area contributed by atoms with Crippen LogP contribution in [0.2, 0.25) is 0 Å². The summed E-state index contributed by atoms with van der Waals surface area (Å²) < 4.78 is 5.00. The summed E-state index contributed by atoms with van der Waals surface area (Å²) in [6.45, 7) is 6.83. The van der Waals surface area contributed by atoms with Gasteiger partial charge in [0.1, 0.15) is 6.61 Å². The molecule has 2 heteroatoms. The molecule has 0 radical (unpaired) electrons. The standard InChI is InChI=1S/C12H14O2.CH4/c1-7(2)9-4-5-10-11(8(9)3)6-14-12(10)13;/h4-5,7H,6H2,1-3H3;1H4. The normalized spacial score (nSPS) is 13.5. The number of hydrogen-bond donors (Lipinski definition) is 0. The fourth-order valence-corrected chi connectivity index (χ4v) is 1.99. The first kappa shape index (κ1) is 11.8. The third-order valence-electron chi connectivity index (χ3n) is 2.83. The van der Waals surface area contributed by atoms with Gasteiger partial charge in [-0.2, -0.15) is 0 Å². The highest BCUT2D eigenvalue weighted by Crippen LogP contribution is 2.29. The van der Waals surface area contributed by atoms with Crippen molar-refractivity contribution in [3.63, 3.8) is 0 Å². The van der Waals surface area contributed by atoms with E-state index >= 15 is 0 Å². The first-order valence-electron chi connectivity index (χ1n) is 4.90. The predicted molar refractivity (Wildman–Crippen MR) is 61.1 cm³/mol. The molecule has 1 aliphatic heterocycles. The highest BCUT2D eigenvalue weighted by atomic mass is 16.5. The second-order valence-corrected chi connectivity index (χ2v) is 4.04. The largest absolute Gasteiger partial charge is 0.457 e. The van der Waals surface area contributed by atoms with E-state index < -0.39 is 0 Å². The van der Waals surface area contributed by atoms with Crippen molar-refractivity contribution in [3.05, 3.63) is 34.4 Å². The molecule has 0 saturated carbocycles. The molecular formula is C13H18O2. The smallest absolute Gasteiger partial charge is 0.338 e. The number of carbonyl (C=O) groups is 1. The molecule has 1 aromatic carbocycles. The summed E-state index contributed by atoms with van der Waals surface area (Å²) in [5.41, 5.74) is 4.33. The van der Waals surface area contributed by atoms with Gasteiger partial charge >= 0.3 is 5.97 Å². The molecule has 1 aliphatic rings. The number of fused-ring (bicyclic) bond motifs is 1. The Bertz CT molecular complexity index is 392. The van der Waals surface area contributed by atoms with E-state index in [1.807, 2.05) is 12.1 Å². The lowest BCUT2D eigenvalue weighted by molar-refractivity contribution is 0.0535. The Morgan fingerprint density at radius 3 is 2.60 bits per heavy atom. The zero-order valence-electron chi connectivity index (χ0n) is 8.76. The minimum Gasteiger partial charge on any atom is -0.457 e. The lowest BCUT2D eigenvalue weighted by Gasteiger charge is -2.11. The van der Waals surface area contributed by atoms with Crippen molar-refractivity contribution in [2.24, 2.45) is 0 Å². The third-order valence-corrected chi connectivity index (χ3v) is 2.83. The van der Waals surface area contributed by atoms with Crippen LogP contribution in [0, 0.1) is 6.92 Å². The molecule has 0 unspecified atom stereocenters. The van der Waals surface area contributed by atoms with Crippen molar-refractivity contribution in [1.82, 2.24) is 0 Å². The van der Waals surface area contributed by atoms with Crippen LogP contribution in [0.4, 0.5) is 0 Å². The van der Waals surface area contributed by atoms with E-state index in [1.165, 1.54) is 11.1 Å². The molecule has 0 bridgehead atoms. The number of carbonyl (C=O) groups excluding carboxylic acids is 1. The number of ether oxygens (including phenoxy) is 1. The van der Waals surface area contributed by atoms with Crippen LogP contribution in [-0.2, 0) is 11.3 Å². The van der Waals surface area contributed by atoms with Crippen LogP contribution in [0.1, 0.15) is 54.2 Å². The van der Waals surface area contributed by atoms with Crippen molar-refractivity contribution in [1.29, 1.82) is 0 Å². The fraction of sp³-hybridized carbons (Fsp3) is 0.462. The molecule has 0 aliphatic carbocycles. The Morgan fingerprint density at radius 2 is 2.00 bits per heavy atom. The number of hydrogen-bond acceptors (Lipinski definition) is 2. The maximum Gasteiger partial charge on any atom is 0.338 e. The van der Waals surface area contributed by atoms with Crippen LogP contribution in [0.25, 0.3) is 0 Å². The van der Waals surface area contributed by atoms with Gasteiger partial charge in [0.15, 0.2) is 0 Å². The Hall–Kier alpha value is -1.31. The van der Waals surface area contributed by atoms with Crippen molar-refractivity contribution >= 4 is 5.97 Å². The second kappa shape index (κ2) is 4.05. The molecule has 15 heavy (non-hydrogen) atoms. The third kappa shape index (κ3) is 1.76. The number of esters is 1. The summed E-state index contributed by atoms with van der Waals surface area (Å²) in [5, 5.41) is 0. The van der Waals surface area contributed by atoms with E-state index in [-0.39, 0.29) is 13.4 Å². The Kier molecular flexibility index (Phi) is 3.18. The predicted octanol–water partition coefficient (Wildman–Crippen LogP) is 3.42. The topological polar surface area (TPSA) is 26.3 Å².